The van der Waals surface area contributed by atoms with Crippen LogP contribution in [0, 0.1) is 0 Å². The highest BCUT2D eigenvalue weighted by Gasteiger charge is 2.43. The number of carbonyl (C=O) groups excluding carboxylic acids is 1. The third kappa shape index (κ3) is 1.73. The van der Waals surface area contributed by atoms with E-state index in [9.17, 15) is 9.00 Å². The largest absolute Gasteiger partial charge is 0.462 e. The summed E-state index contributed by atoms with van der Waals surface area (Å²) in [4.78, 5) is 16.1. The molecule has 2 aliphatic heterocycles. The lowest BCUT2D eigenvalue weighted by molar-refractivity contribution is -0.767. The van der Waals surface area contributed by atoms with E-state index in [1.54, 1.807) is 13.1 Å². The molecule has 2 aliphatic rings. The fourth-order valence-electron chi connectivity index (χ4n) is 1.88. The SMILES string of the molecule is CCOC(=O)C1=S(=O)=C2N=CC=C(C)[N+]2(C)C1. The molecule has 0 aromatic carbocycles. The van der Waals surface area contributed by atoms with Crippen LogP contribution in [-0.2, 0) is 19.5 Å². The van der Waals surface area contributed by atoms with Crippen LogP contribution in [0.2, 0.25) is 0 Å². The van der Waals surface area contributed by atoms with Crippen molar-refractivity contribution in [3.63, 3.8) is 0 Å². The number of nitrogens with zero attached hydrogens (tertiary/aromatic N) is 2. The highest BCUT2D eigenvalue weighted by atomic mass is 32.1. The van der Waals surface area contributed by atoms with E-state index in [1.807, 2.05) is 20.0 Å². The van der Waals surface area contributed by atoms with Gasteiger partial charge in [0.25, 0.3) is 0 Å². The molecule has 1 unspecified atom stereocenters. The second-order valence-electron chi connectivity index (χ2n) is 4.13. The molecule has 1 atom stereocenters. The summed E-state index contributed by atoms with van der Waals surface area (Å²) in [6.07, 6.45) is 3.49. The first-order chi connectivity index (χ1) is 8.00. The molecule has 0 aromatic heterocycles. The number of ether oxygens (including phenoxy) is 1. The standard InChI is InChI=1S/C11H15N2O3S/c1-4-16-10(14)9-7-13(3)8(2)5-6-12-11(13)17(9)15/h5-6H,4,7H2,1-3H3/q+1. The van der Waals surface area contributed by atoms with Crippen molar-refractivity contribution >= 4 is 32.1 Å². The highest BCUT2D eigenvalue weighted by Crippen LogP contribution is 2.22. The van der Waals surface area contributed by atoms with E-state index in [-0.39, 0.29) is 6.61 Å². The average Bonchev–Trinajstić information content (AvgIpc) is 2.55. The van der Waals surface area contributed by atoms with Gasteiger partial charge in [-0.1, -0.05) is 0 Å². The van der Waals surface area contributed by atoms with Crippen molar-refractivity contribution in [2.45, 2.75) is 13.8 Å². The third-order valence-electron chi connectivity index (χ3n) is 3.05. The van der Waals surface area contributed by atoms with Crippen LogP contribution in [0.4, 0.5) is 0 Å². The summed E-state index contributed by atoms with van der Waals surface area (Å²) in [6, 6.07) is 0. The van der Waals surface area contributed by atoms with Crippen LogP contribution >= 0.6 is 0 Å². The Morgan fingerprint density at radius 1 is 1.65 bits per heavy atom. The molecule has 0 spiro atoms. The Balaban J connectivity index is 2.50. The Bertz CT molecular complexity index is 586. The second-order valence-corrected chi connectivity index (χ2v) is 5.53. The summed E-state index contributed by atoms with van der Waals surface area (Å²) < 4.78 is 17.4. The molecular formula is C11H15N2O3S+. The number of esters is 1. The van der Waals surface area contributed by atoms with E-state index in [2.05, 4.69) is 4.99 Å². The summed E-state index contributed by atoms with van der Waals surface area (Å²) in [5.41, 5.74) is 1.02. The van der Waals surface area contributed by atoms with Crippen LogP contribution < -0.4 is 0 Å². The van der Waals surface area contributed by atoms with Gasteiger partial charge in [0, 0.05) is 19.2 Å². The quantitative estimate of drug-likeness (QED) is 0.397. The molecule has 0 radical (unpaired) electrons. The normalized spacial score (nSPS) is 27.0. The van der Waals surface area contributed by atoms with Crippen LogP contribution in [-0.4, -0.2) is 51.1 Å². The van der Waals surface area contributed by atoms with Crippen LogP contribution in [0.25, 0.3) is 0 Å². The fraction of sp³-hybridized carbons (Fsp3) is 0.455. The number of hydrogen-bond acceptors (Lipinski definition) is 4. The first kappa shape index (κ1) is 12.1. The minimum absolute atomic E-state index is 0.288. The number of hydrogen-bond donors (Lipinski definition) is 0. The fourth-order valence-corrected chi connectivity index (χ4v) is 3.42. The number of aliphatic imine (C=N–C) groups is 1. The molecule has 0 aromatic rings. The molecule has 6 heteroatoms. The van der Waals surface area contributed by atoms with Gasteiger partial charge in [-0.05, 0) is 6.92 Å². The summed E-state index contributed by atoms with van der Waals surface area (Å²) in [6.45, 7) is 4.34. The molecule has 0 fully saturated rings. The lowest BCUT2D eigenvalue weighted by atomic mass is 10.2. The topological polar surface area (TPSA) is 55.7 Å². The van der Waals surface area contributed by atoms with E-state index < -0.39 is 15.9 Å². The first-order valence-electron chi connectivity index (χ1n) is 5.40. The minimum atomic E-state index is -1.48. The molecular weight excluding hydrogens is 240 g/mol. The maximum Gasteiger partial charge on any atom is 0.352 e. The molecule has 0 aliphatic carbocycles. The predicted molar refractivity (Wildman–Crippen MR) is 68.1 cm³/mol. The predicted octanol–water partition coefficient (Wildman–Crippen LogP) is 0.00640. The van der Waals surface area contributed by atoms with E-state index in [0.717, 1.165) is 5.70 Å². The van der Waals surface area contributed by atoms with Crippen LogP contribution in [0.5, 0.6) is 0 Å². The molecule has 0 bridgehead atoms. The summed E-state index contributed by atoms with van der Waals surface area (Å²) in [5.74, 6) is -0.477. The van der Waals surface area contributed by atoms with Crippen LogP contribution in [0.1, 0.15) is 13.8 Å². The molecule has 0 N–H and O–H groups in total. The number of rotatable bonds is 2. The zero-order valence-corrected chi connectivity index (χ0v) is 10.9. The molecule has 5 nitrogen and oxygen atoms in total. The third-order valence-corrected chi connectivity index (χ3v) is 4.64. The monoisotopic (exact) mass is 255 g/mol. The van der Waals surface area contributed by atoms with Crippen LogP contribution in [0.3, 0.4) is 0 Å². The molecule has 0 saturated carbocycles. The smallest absolute Gasteiger partial charge is 0.352 e. The summed E-state index contributed by atoms with van der Waals surface area (Å²) in [5, 5.41) is 0.507. The lowest BCUT2D eigenvalue weighted by Gasteiger charge is -2.30. The number of quaternary nitrogens is 1. The van der Waals surface area contributed by atoms with Gasteiger partial charge in [0.15, 0.2) is 4.86 Å². The number of allylic oxidation sites excluding steroid dienone is 2. The number of fused-ring (bicyclic) bond motifs is 1. The van der Waals surface area contributed by atoms with E-state index in [1.165, 1.54) is 0 Å². The van der Waals surface area contributed by atoms with Gasteiger partial charge in [0.1, 0.15) is 22.2 Å². The molecule has 0 saturated heterocycles. The summed E-state index contributed by atoms with van der Waals surface area (Å²) in [7, 11) is 0.428. The Labute approximate surface area is 102 Å². The van der Waals surface area contributed by atoms with Gasteiger partial charge in [-0.25, -0.2) is 13.5 Å². The van der Waals surface area contributed by atoms with Gasteiger partial charge in [-0.15, -0.1) is 0 Å². The van der Waals surface area contributed by atoms with E-state index in [4.69, 9.17) is 4.74 Å². The summed E-state index contributed by atoms with van der Waals surface area (Å²) >= 11 is 0. The Kier molecular flexibility index (Phi) is 2.92. The van der Waals surface area contributed by atoms with Crippen molar-refractivity contribution < 1.29 is 18.2 Å². The lowest BCUT2D eigenvalue weighted by Crippen LogP contribution is -2.48. The van der Waals surface area contributed by atoms with Crippen molar-refractivity contribution in [3.05, 3.63) is 11.8 Å². The van der Waals surface area contributed by atoms with Gasteiger partial charge in [0.2, 0.25) is 0 Å². The molecule has 2 heterocycles. The van der Waals surface area contributed by atoms with Crippen molar-refractivity contribution in [2.24, 2.45) is 4.99 Å². The minimum Gasteiger partial charge on any atom is -0.462 e. The van der Waals surface area contributed by atoms with Gasteiger partial charge in [-0.3, -0.25) is 0 Å². The Morgan fingerprint density at radius 2 is 2.35 bits per heavy atom. The average molecular weight is 255 g/mol. The maximum atomic E-state index is 12.2. The van der Waals surface area contributed by atoms with Crippen LogP contribution in [0.15, 0.2) is 16.8 Å². The molecule has 17 heavy (non-hydrogen) atoms. The molecule has 0 amide bonds. The molecule has 2 rings (SSSR count). The highest BCUT2D eigenvalue weighted by molar-refractivity contribution is 7.86. The second kappa shape index (κ2) is 4.12. The zero-order valence-electron chi connectivity index (χ0n) is 10.1. The van der Waals surface area contributed by atoms with Gasteiger partial charge in [-0.2, -0.15) is 4.99 Å². The van der Waals surface area contributed by atoms with Crippen molar-refractivity contribution in [1.82, 2.24) is 0 Å². The van der Waals surface area contributed by atoms with E-state index >= 15 is 0 Å². The van der Waals surface area contributed by atoms with Crippen molar-refractivity contribution in [2.75, 3.05) is 20.2 Å². The van der Waals surface area contributed by atoms with Gasteiger partial charge < -0.3 is 4.74 Å². The Hall–Kier alpha value is -1.40. The van der Waals surface area contributed by atoms with Gasteiger partial charge in [0.05, 0.1) is 13.7 Å². The zero-order chi connectivity index (χ0) is 12.6. The van der Waals surface area contributed by atoms with Crippen molar-refractivity contribution in [1.29, 1.82) is 0 Å². The Morgan fingerprint density at radius 3 is 2.94 bits per heavy atom. The van der Waals surface area contributed by atoms with Crippen molar-refractivity contribution in [3.8, 4) is 0 Å². The van der Waals surface area contributed by atoms with Gasteiger partial charge >= 0.3 is 11.1 Å². The number of carbonyl (C=O) groups is 1. The maximum absolute atomic E-state index is 12.2. The first-order valence-corrected chi connectivity index (χ1v) is 6.55. The van der Waals surface area contributed by atoms with E-state index in [0.29, 0.717) is 21.0 Å². The molecule has 92 valence electrons.